The van der Waals surface area contributed by atoms with Crippen LogP contribution in [0.25, 0.3) is 27.6 Å². The fourth-order valence-electron chi connectivity index (χ4n) is 2.38. The molecule has 0 fully saturated rings. The molecule has 4 aromatic rings. The highest BCUT2D eigenvalue weighted by molar-refractivity contribution is 9.10. The number of nitrogens with two attached hydrogens (primary N) is 1. The fraction of sp³-hybridized carbons (Fsp3) is 0. The number of hydrogen-bond donors (Lipinski definition) is 1. The average molecular weight is 433 g/mol. The van der Waals surface area contributed by atoms with Gasteiger partial charge in [0.05, 0.1) is 11.4 Å². The Balaban J connectivity index is 1.71. The third-order valence-electron chi connectivity index (χ3n) is 3.60. The van der Waals surface area contributed by atoms with Gasteiger partial charge in [-0.1, -0.05) is 50.9 Å². The molecule has 2 heterocycles. The first-order valence-electron chi connectivity index (χ1n) is 7.31. The molecule has 0 saturated carbocycles. The zero-order valence-corrected chi connectivity index (χ0v) is 15.9. The molecule has 0 atom stereocenters. The lowest BCUT2D eigenvalue weighted by molar-refractivity contribution is 0.810. The maximum atomic E-state index is 6.24. The van der Waals surface area contributed by atoms with Gasteiger partial charge in [-0.05, 0) is 30.3 Å². The third-order valence-corrected chi connectivity index (χ3v) is 5.22. The van der Waals surface area contributed by atoms with E-state index in [2.05, 4.69) is 31.2 Å². The maximum Gasteiger partial charge on any atom is 0.165 e. The second-order valence-electron chi connectivity index (χ2n) is 5.26. The van der Waals surface area contributed by atoms with E-state index in [4.69, 9.17) is 17.3 Å². The highest BCUT2D eigenvalue weighted by Gasteiger charge is 2.17. The summed E-state index contributed by atoms with van der Waals surface area (Å²) in [7, 11) is 0. The van der Waals surface area contributed by atoms with Crippen molar-refractivity contribution in [2.45, 2.75) is 0 Å². The molecule has 0 aliphatic rings. The van der Waals surface area contributed by atoms with Crippen LogP contribution in [-0.4, -0.2) is 20.0 Å². The Labute approximate surface area is 161 Å². The van der Waals surface area contributed by atoms with E-state index < -0.39 is 0 Å². The van der Waals surface area contributed by atoms with Crippen molar-refractivity contribution < 1.29 is 0 Å². The van der Waals surface area contributed by atoms with Gasteiger partial charge in [0, 0.05) is 20.4 Å². The number of thiazole rings is 1. The van der Waals surface area contributed by atoms with Gasteiger partial charge in [-0.15, -0.1) is 16.4 Å². The molecule has 0 aliphatic heterocycles. The van der Waals surface area contributed by atoms with Gasteiger partial charge in [0.25, 0.3) is 0 Å². The molecule has 0 bridgehead atoms. The molecular weight excluding hydrogens is 422 g/mol. The van der Waals surface area contributed by atoms with Crippen molar-refractivity contribution in [1.82, 2.24) is 20.0 Å². The van der Waals surface area contributed by atoms with E-state index in [1.165, 1.54) is 11.3 Å². The average Bonchev–Trinajstić information content (AvgIpc) is 3.22. The summed E-state index contributed by atoms with van der Waals surface area (Å²) < 4.78 is 2.59. The Bertz CT molecular complexity index is 1040. The number of rotatable bonds is 3. The van der Waals surface area contributed by atoms with Crippen LogP contribution in [-0.2, 0) is 0 Å². The number of anilines is 1. The Hall–Kier alpha value is -2.22. The third kappa shape index (κ3) is 3.18. The summed E-state index contributed by atoms with van der Waals surface area (Å²) in [5.74, 6) is 0.430. The number of hydrogen-bond acceptors (Lipinski definition) is 5. The van der Waals surface area contributed by atoms with E-state index in [1.807, 2.05) is 41.8 Å². The minimum atomic E-state index is 0.430. The molecular formula is C17H11BrClN5S. The van der Waals surface area contributed by atoms with Crippen LogP contribution in [0.3, 0.4) is 0 Å². The van der Waals surface area contributed by atoms with Crippen LogP contribution in [0.1, 0.15) is 0 Å². The van der Waals surface area contributed by atoms with Gasteiger partial charge in [-0.2, -0.15) is 4.68 Å². The smallest absolute Gasteiger partial charge is 0.165 e. The summed E-state index contributed by atoms with van der Waals surface area (Å²) in [4.78, 5) is 4.65. The Morgan fingerprint density at radius 2 is 1.92 bits per heavy atom. The molecule has 2 aromatic heterocycles. The van der Waals surface area contributed by atoms with Crippen molar-refractivity contribution in [3.05, 3.63) is 63.4 Å². The summed E-state index contributed by atoms with van der Waals surface area (Å²) in [6, 6.07) is 15.3. The highest BCUT2D eigenvalue weighted by Crippen LogP contribution is 2.32. The predicted molar refractivity (Wildman–Crippen MR) is 105 cm³/mol. The molecule has 25 heavy (non-hydrogen) atoms. The Morgan fingerprint density at radius 3 is 2.68 bits per heavy atom. The first-order chi connectivity index (χ1) is 12.1. The molecule has 0 amide bonds. The minimum absolute atomic E-state index is 0.430. The summed E-state index contributed by atoms with van der Waals surface area (Å²) in [6.45, 7) is 0. The first kappa shape index (κ1) is 16.3. The summed E-state index contributed by atoms with van der Waals surface area (Å²) in [6.07, 6.45) is 0. The van der Waals surface area contributed by atoms with E-state index in [1.54, 1.807) is 16.8 Å². The molecule has 0 aliphatic carbocycles. The van der Waals surface area contributed by atoms with E-state index in [-0.39, 0.29) is 0 Å². The molecule has 0 unspecified atom stereocenters. The van der Waals surface area contributed by atoms with E-state index in [0.29, 0.717) is 16.5 Å². The van der Waals surface area contributed by atoms with Crippen molar-refractivity contribution in [3.63, 3.8) is 0 Å². The molecule has 124 valence electrons. The summed E-state index contributed by atoms with van der Waals surface area (Å²) >= 11 is 11.0. The van der Waals surface area contributed by atoms with Gasteiger partial charge < -0.3 is 5.73 Å². The number of benzene rings is 2. The molecule has 0 radical (unpaired) electrons. The van der Waals surface area contributed by atoms with Crippen molar-refractivity contribution in [2.75, 3.05) is 5.73 Å². The van der Waals surface area contributed by atoms with Crippen LogP contribution in [0, 0.1) is 0 Å². The van der Waals surface area contributed by atoms with Gasteiger partial charge in [-0.25, -0.2) is 4.98 Å². The van der Waals surface area contributed by atoms with Crippen LogP contribution < -0.4 is 5.73 Å². The van der Waals surface area contributed by atoms with Gasteiger partial charge in [-0.3, -0.25) is 0 Å². The number of nitrogen functional groups attached to an aromatic ring is 1. The lowest BCUT2D eigenvalue weighted by atomic mass is 10.2. The number of halogens is 2. The maximum absolute atomic E-state index is 6.24. The van der Waals surface area contributed by atoms with Crippen LogP contribution in [0.5, 0.6) is 0 Å². The van der Waals surface area contributed by atoms with Crippen LogP contribution in [0.2, 0.25) is 5.02 Å². The number of nitrogens with zero attached hydrogens (tertiary/aromatic N) is 4. The zero-order chi connectivity index (χ0) is 17.4. The molecule has 2 N–H and O–H groups in total. The van der Waals surface area contributed by atoms with E-state index in [9.17, 15) is 0 Å². The summed E-state index contributed by atoms with van der Waals surface area (Å²) in [5.41, 5.74) is 9.47. The van der Waals surface area contributed by atoms with Crippen LogP contribution >= 0.6 is 38.9 Å². The summed E-state index contributed by atoms with van der Waals surface area (Å²) in [5, 5.41) is 11.7. The van der Waals surface area contributed by atoms with Crippen molar-refractivity contribution >= 4 is 44.7 Å². The molecule has 0 saturated heterocycles. The van der Waals surface area contributed by atoms with E-state index in [0.717, 1.165) is 26.4 Å². The molecule has 5 nitrogen and oxygen atoms in total. The standard InChI is InChI=1S/C17H11BrClN5S/c18-11-6-4-10(5-7-11)14-9-25-17(21-14)15-16(20)24(23-22-15)13-3-1-2-12(19)8-13/h1-9H,20H2. The normalized spacial score (nSPS) is 11.0. The van der Waals surface area contributed by atoms with E-state index >= 15 is 0 Å². The second-order valence-corrected chi connectivity index (χ2v) is 7.47. The minimum Gasteiger partial charge on any atom is -0.382 e. The molecule has 2 aromatic carbocycles. The number of aromatic nitrogens is 4. The molecule has 4 rings (SSSR count). The van der Waals surface area contributed by atoms with Gasteiger partial charge in [0.15, 0.2) is 11.5 Å². The highest BCUT2D eigenvalue weighted by atomic mass is 79.9. The predicted octanol–water partition coefficient (Wildman–Crippen LogP) is 5.06. The zero-order valence-electron chi connectivity index (χ0n) is 12.7. The SMILES string of the molecule is Nc1c(-c2nc(-c3ccc(Br)cc3)cs2)nnn1-c1cccc(Cl)c1. The van der Waals surface area contributed by atoms with Gasteiger partial charge in [0.1, 0.15) is 5.01 Å². The largest absolute Gasteiger partial charge is 0.382 e. The van der Waals surface area contributed by atoms with Crippen molar-refractivity contribution in [2.24, 2.45) is 0 Å². The van der Waals surface area contributed by atoms with Gasteiger partial charge >= 0.3 is 0 Å². The van der Waals surface area contributed by atoms with Crippen LogP contribution in [0.4, 0.5) is 5.82 Å². The first-order valence-corrected chi connectivity index (χ1v) is 9.36. The lowest BCUT2D eigenvalue weighted by Gasteiger charge is -2.03. The second kappa shape index (κ2) is 6.59. The van der Waals surface area contributed by atoms with Crippen molar-refractivity contribution in [1.29, 1.82) is 0 Å². The van der Waals surface area contributed by atoms with Crippen molar-refractivity contribution in [3.8, 4) is 27.6 Å². The van der Waals surface area contributed by atoms with Crippen LogP contribution in [0.15, 0.2) is 58.4 Å². The molecule has 0 spiro atoms. The van der Waals surface area contributed by atoms with Gasteiger partial charge in [0.2, 0.25) is 0 Å². The lowest BCUT2D eigenvalue weighted by Crippen LogP contribution is -2.02. The topological polar surface area (TPSA) is 69.6 Å². The fourth-order valence-corrected chi connectivity index (χ4v) is 3.64. The molecule has 8 heteroatoms. The Kier molecular flexibility index (Phi) is 4.29. The Morgan fingerprint density at radius 1 is 1.12 bits per heavy atom. The monoisotopic (exact) mass is 431 g/mol. The quantitative estimate of drug-likeness (QED) is 0.491.